The lowest BCUT2D eigenvalue weighted by atomic mass is 10.3. The van der Waals surface area contributed by atoms with Gasteiger partial charge in [0.2, 0.25) is 5.43 Å². The summed E-state index contributed by atoms with van der Waals surface area (Å²) in [5, 5.41) is 7.71. The number of carbonyl (C=O) groups is 1. The number of nitrogens with zero attached hydrogens (tertiary/aromatic N) is 3. The summed E-state index contributed by atoms with van der Waals surface area (Å²) in [4.78, 5) is 29.2. The monoisotopic (exact) mass is 426 g/mol. The van der Waals surface area contributed by atoms with Gasteiger partial charge >= 0.3 is 0 Å². The Labute approximate surface area is 174 Å². The number of hydrogen-bond acceptors (Lipinski definition) is 6. The van der Waals surface area contributed by atoms with Crippen molar-refractivity contribution in [2.24, 2.45) is 0 Å². The highest BCUT2D eigenvalue weighted by Crippen LogP contribution is 2.29. The summed E-state index contributed by atoms with van der Waals surface area (Å²) in [7, 11) is 0. The number of rotatable bonds is 5. The first kappa shape index (κ1) is 19.1. The van der Waals surface area contributed by atoms with Gasteiger partial charge in [0, 0.05) is 17.3 Å². The quantitative estimate of drug-likeness (QED) is 0.518. The molecule has 29 heavy (non-hydrogen) atoms. The molecule has 146 valence electrons. The van der Waals surface area contributed by atoms with Gasteiger partial charge in [-0.1, -0.05) is 29.0 Å². The molecule has 1 N–H and O–H groups in total. The molecule has 9 heteroatoms. The fraction of sp³-hybridized carbons (Fsp3) is 0.100. The molecule has 0 aliphatic carbocycles. The second-order valence-corrected chi connectivity index (χ2v) is 7.46. The SMILES string of the molecule is CCOc1ccc2nc(NC(=O)c3nn(-c4cccc(Cl)c4)ccc3=O)sc2c1. The smallest absolute Gasteiger partial charge is 0.281 e. The summed E-state index contributed by atoms with van der Waals surface area (Å²) in [6.45, 7) is 2.47. The number of thiazole rings is 1. The van der Waals surface area contributed by atoms with Crippen molar-refractivity contribution < 1.29 is 9.53 Å². The van der Waals surface area contributed by atoms with Gasteiger partial charge in [-0.3, -0.25) is 14.9 Å². The standard InChI is InChI=1S/C20H15ClN4O3S/c1-2-28-14-6-7-15-17(11-14)29-20(22-15)23-19(27)18-16(26)8-9-25(24-18)13-5-3-4-12(21)10-13/h3-11H,2H2,1H3,(H,22,23,27). The van der Waals surface area contributed by atoms with Crippen molar-refractivity contribution in [3.8, 4) is 11.4 Å². The molecular weight excluding hydrogens is 412 g/mol. The van der Waals surface area contributed by atoms with Crippen molar-refractivity contribution in [1.29, 1.82) is 0 Å². The molecule has 2 aromatic heterocycles. The Hall–Kier alpha value is -3.23. The van der Waals surface area contributed by atoms with E-state index in [4.69, 9.17) is 16.3 Å². The van der Waals surface area contributed by atoms with Crippen LogP contribution in [0.15, 0.2) is 59.5 Å². The van der Waals surface area contributed by atoms with Crippen LogP contribution in [-0.2, 0) is 0 Å². The number of halogens is 1. The van der Waals surface area contributed by atoms with Gasteiger partial charge in [-0.15, -0.1) is 0 Å². The number of anilines is 1. The summed E-state index contributed by atoms with van der Waals surface area (Å²) >= 11 is 7.30. The molecule has 0 saturated heterocycles. The minimum absolute atomic E-state index is 0.235. The van der Waals surface area contributed by atoms with Crippen LogP contribution >= 0.6 is 22.9 Å². The van der Waals surface area contributed by atoms with Crippen LogP contribution in [0.4, 0.5) is 5.13 Å². The maximum Gasteiger partial charge on any atom is 0.281 e. The van der Waals surface area contributed by atoms with Crippen LogP contribution in [0.2, 0.25) is 5.02 Å². The lowest BCUT2D eigenvalue weighted by Gasteiger charge is -2.07. The van der Waals surface area contributed by atoms with Crippen molar-refractivity contribution >= 4 is 44.2 Å². The highest BCUT2D eigenvalue weighted by molar-refractivity contribution is 7.22. The maximum atomic E-state index is 12.7. The number of carbonyl (C=O) groups excluding carboxylic acids is 1. The normalized spacial score (nSPS) is 10.8. The van der Waals surface area contributed by atoms with E-state index in [-0.39, 0.29) is 5.69 Å². The van der Waals surface area contributed by atoms with E-state index >= 15 is 0 Å². The van der Waals surface area contributed by atoms with E-state index in [0.717, 1.165) is 16.0 Å². The molecule has 0 aliphatic rings. The van der Waals surface area contributed by atoms with Crippen LogP contribution in [0.25, 0.3) is 15.9 Å². The summed E-state index contributed by atoms with van der Waals surface area (Å²) in [5.41, 5.74) is 0.642. The zero-order chi connectivity index (χ0) is 20.4. The highest BCUT2D eigenvalue weighted by atomic mass is 35.5. The van der Waals surface area contributed by atoms with Gasteiger partial charge in [-0.05, 0) is 43.3 Å². The number of hydrogen-bond donors (Lipinski definition) is 1. The second-order valence-electron chi connectivity index (χ2n) is 5.99. The highest BCUT2D eigenvalue weighted by Gasteiger charge is 2.16. The second kappa shape index (κ2) is 8.02. The van der Waals surface area contributed by atoms with Crippen LogP contribution in [0.1, 0.15) is 17.4 Å². The Balaban J connectivity index is 1.62. The Bertz CT molecular complexity index is 1270. The lowest BCUT2D eigenvalue weighted by molar-refractivity contribution is 0.101. The third kappa shape index (κ3) is 4.13. The number of ether oxygens (including phenoxy) is 1. The third-order valence-electron chi connectivity index (χ3n) is 3.99. The fourth-order valence-corrected chi connectivity index (χ4v) is 3.77. The minimum atomic E-state index is -0.629. The molecule has 4 rings (SSSR count). The Morgan fingerprint density at radius 2 is 2.10 bits per heavy atom. The van der Waals surface area contributed by atoms with Gasteiger partial charge < -0.3 is 4.74 Å². The Morgan fingerprint density at radius 3 is 2.90 bits per heavy atom. The predicted molar refractivity (Wildman–Crippen MR) is 114 cm³/mol. The van der Waals surface area contributed by atoms with E-state index in [1.54, 1.807) is 24.3 Å². The predicted octanol–water partition coefficient (Wildman–Crippen LogP) is 4.15. The zero-order valence-electron chi connectivity index (χ0n) is 15.3. The molecule has 1 amide bonds. The van der Waals surface area contributed by atoms with Crippen molar-refractivity contribution in [3.63, 3.8) is 0 Å². The van der Waals surface area contributed by atoms with Gasteiger partial charge in [0.1, 0.15) is 5.75 Å². The molecule has 0 fully saturated rings. The van der Waals surface area contributed by atoms with Crippen molar-refractivity contribution in [3.05, 3.63) is 75.7 Å². The molecule has 7 nitrogen and oxygen atoms in total. The molecule has 0 bridgehead atoms. The molecule has 0 spiro atoms. The first-order valence-electron chi connectivity index (χ1n) is 8.74. The van der Waals surface area contributed by atoms with Gasteiger partial charge in [-0.2, -0.15) is 5.10 Å². The van der Waals surface area contributed by atoms with Crippen LogP contribution in [0.3, 0.4) is 0 Å². The summed E-state index contributed by atoms with van der Waals surface area (Å²) in [6, 6.07) is 13.7. The molecular formula is C20H15ClN4O3S. The van der Waals surface area contributed by atoms with Crippen LogP contribution in [0.5, 0.6) is 5.75 Å². The van der Waals surface area contributed by atoms with E-state index in [9.17, 15) is 9.59 Å². The lowest BCUT2D eigenvalue weighted by Crippen LogP contribution is -2.25. The molecule has 4 aromatic rings. The summed E-state index contributed by atoms with van der Waals surface area (Å²) < 4.78 is 7.77. The molecule has 0 aliphatic heterocycles. The van der Waals surface area contributed by atoms with E-state index in [1.807, 2.05) is 25.1 Å². The molecule has 2 aromatic carbocycles. The van der Waals surface area contributed by atoms with Crippen molar-refractivity contribution in [2.45, 2.75) is 6.92 Å². The minimum Gasteiger partial charge on any atom is -0.494 e. The van der Waals surface area contributed by atoms with Gasteiger partial charge in [0.15, 0.2) is 10.8 Å². The number of fused-ring (bicyclic) bond motifs is 1. The summed E-state index contributed by atoms with van der Waals surface area (Å²) in [5.74, 6) is 0.103. The summed E-state index contributed by atoms with van der Waals surface area (Å²) in [6.07, 6.45) is 1.48. The van der Waals surface area contributed by atoms with Crippen molar-refractivity contribution in [2.75, 3.05) is 11.9 Å². The average molecular weight is 427 g/mol. The van der Waals surface area contributed by atoms with E-state index in [1.165, 1.54) is 28.3 Å². The first-order valence-corrected chi connectivity index (χ1v) is 9.93. The first-order chi connectivity index (χ1) is 14.0. The maximum absolute atomic E-state index is 12.7. The van der Waals surface area contributed by atoms with Crippen LogP contribution in [0, 0.1) is 0 Å². The number of nitrogens with one attached hydrogen (secondary N) is 1. The molecule has 2 heterocycles. The van der Waals surface area contributed by atoms with E-state index in [2.05, 4.69) is 15.4 Å². The largest absolute Gasteiger partial charge is 0.494 e. The van der Waals surface area contributed by atoms with Crippen molar-refractivity contribution in [1.82, 2.24) is 14.8 Å². The Kier molecular flexibility index (Phi) is 5.28. The number of aromatic nitrogens is 3. The van der Waals surface area contributed by atoms with E-state index in [0.29, 0.717) is 22.4 Å². The molecule has 0 radical (unpaired) electrons. The zero-order valence-corrected chi connectivity index (χ0v) is 16.8. The third-order valence-corrected chi connectivity index (χ3v) is 5.16. The number of amides is 1. The van der Waals surface area contributed by atoms with Gasteiger partial charge in [-0.25, -0.2) is 9.67 Å². The van der Waals surface area contributed by atoms with Gasteiger partial charge in [0.05, 0.1) is 22.5 Å². The Morgan fingerprint density at radius 1 is 1.24 bits per heavy atom. The molecule has 0 unspecified atom stereocenters. The molecule has 0 atom stereocenters. The van der Waals surface area contributed by atoms with E-state index < -0.39 is 11.3 Å². The van der Waals surface area contributed by atoms with Gasteiger partial charge in [0.25, 0.3) is 5.91 Å². The number of benzene rings is 2. The average Bonchev–Trinajstić information content (AvgIpc) is 3.10. The fourth-order valence-electron chi connectivity index (χ4n) is 2.70. The van der Waals surface area contributed by atoms with Crippen LogP contribution in [-0.4, -0.2) is 27.3 Å². The molecule has 0 saturated carbocycles. The van der Waals surface area contributed by atoms with Crippen LogP contribution < -0.4 is 15.5 Å². The topological polar surface area (TPSA) is 86.1 Å².